The first-order chi connectivity index (χ1) is 7.65. The fraction of sp³-hybridized carbons (Fsp3) is 0.0909. The molecule has 4 nitrogen and oxygen atoms in total. The van der Waals surface area contributed by atoms with Gasteiger partial charge in [0.1, 0.15) is 23.0 Å². The zero-order valence-electron chi connectivity index (χ0n) is 8.51. The van der Waals surface area contributed by atoms with Crippen LogP contribution in [0.2, 0.25) is 5.15 Å². The number of benzene rings is 1. The predicted molar refractivity (Wildman–Crippen MR) is 60.0 cm³/mol. The number of aromatic hydroxyl groups is 1. The first-order valence-corrected chi connectivity index (χ1v) is 4.98. The number of phenols is 1. The summed E-state index contributed by atoms with van der Waals surface area (Å²) >= 11 is 5.70. The maximum absolute atomic E-state index is 9.25. The van der Waals surface area contributed by atoms with Gasteiger partial charge in [0.15, 0.2) is 0 Å². The number of nitrogens with zero attached hydrogens (tertiary/aromatic N) is 2. The van der Waals surface area contributed by atoms with Crippen LogP contribution in [0.1, 0.15) is 5.56 Å². The van der Waals surface area contributed by atoms with Crippen LogP contribution in [0, 0.1) is 6.92 Å². The van der Waals surface area contributed by atoms with Crippen molar-refractivity contribution < 1.29 is 9.84 Å². The summed E-state index contributed by atoms with van der Waals surface area (Å²) in [4.78, 5) is 7.67. The molecule has 0 aliphatic carbocycles. The second kappa shape index (κ2) is 4.37. The van der Waals surface area contributed by atoms with Gasteiger partial charge in [0, 0.05) is 6.07 Å². The monoisotopic (exact) mass is 236 g/mol. The van der Waals surface area contributed by atoms with Gasteiger partial charge in [-0.25, -0.2) is 9.97 Å². The third-order valence-corrected chi connectivity index (χ3v) is 2.19. The number of halogens is 1. The molecular weight excluding hydrogens is 228 g/mol. The van der Waals surface area contributed by atoms with Gasteiger partial charge in [-0.2, -0.15) is 0 Å². The van der Waals surface area contributed by atoms with Gasteiger partial charge in [0.2, 0.25) is 5.88 Å². The molecule has 0 aliphatic rings. The number of phenolic OH excluding ortho intramolecular Hbond substituents is 1. The Morgan fingerprint density at radius 3 is 2.75 bits per heavy atom. The Balaban J connectivity index is 2.27. The fourth-order valence-corrected chi connectivity index (χ4v) is 1.37. The van der Waals surface area contributed by atoms with Crippen LogP contribution in [0.25, 0.3) is 0 Å². The lowest BCUT2D eigenvalue weighted by Gasteiger charge is -2.07. The van der Waals surface area contributed by atoms with Crippen molar-refractivity contribution in [3.63, 3.8) is 0 Å². The van der Waals surface area contributed by atoms with Crippen LogP contribution in [0.5, 0.6) is 17.4 Å². The zero-order chi connectivity index (χ0) is 11.5. The smallest absolute Gasteiger partial charge is 0.223 e. The molecule has 16 heavy (non-hydrogen) atoms. The summed E-state index contributed by atoms with van der Waals surface area (Å²) in [6.07, 6.45) is 1.33. The van der Waals surface area contributed by atoms with E-state index in [1.165, 1.54) is 12.4 Å². The summed E-state index contributed by atoms with van der Waals surface area (Å²) in [5.74, 6) is 1.19. The van der Waals surface area contributed by atoms with Crippen LogP contribution in [-0.2, 0) is 0 Å². The second-order valence-corrected chi connectivity index (χ2v) is 3.62. The molecule has 1 N–H and O–H groups in total. The molecule has 82 valence electrons. The molecule has 0 spiro atoms. The Morgan fingerprint density at radius 2 is 2.06 bits per heavy atom. The largest absolute Gasteiger partial charge is 0.508 e. The highest BCUT2D eigenvalue weighted by molar-refractivity contribution is 6.29. The van der Waals surface area contributed by atoms with E-state index >= 15 is 0 Å². The number of rotatable bonds is 2. The van der Waals surface area contributed by atoms with E-state index in [1.807, 2.05) is 6.92 Å². The van der Waals surface area contributed by atoms with Gasteiger partial charge in [-0.3, -0.25) is 0 Å². The molecule has 0 radical (unpaired) electrons. The molecular formula is C11H9ClN2O2. The van der Waals surface area contributed by atoms with Crippen LogP contribution in [-0.4, -0.2) is 15.1 Å². The summed E-state index contributed by atoms with van der Waals surface area (Å²) < 4.78 is 5.50. The fourth-order valence-electron chi connectivity index (χ4n) is 1.23. The maximum Gasteiger partial charge on any atom is 0.223 e. The Bertz CT molecular complexity index is 517. The minimum atomic E-state index is 0.200. The van der Waals surface area contributed by atoms with Crippen LogP contribution < -0.4 is 4.74 Å². The van der Waals surface area contributed by atoms with Crippen molar-refractivity contribution in [2.75, 3.05) is 0 Å². The van der Waals surface area contributed by atoms with E-state index in [1.54, 1.807) is 18.2 Å². The van der Waals surface area contributed by atoms with Gasteiger partial charge in [0.25, 0.3) is 0 Å². The number of hydrogen-bond acceptors (Lipinski definition) is 4. The Labute approximate surface area is 97.5 Å². The van der Waals surface area contributed by atoms with Crippen molar-refractivity contribution in [1.82, 2.24) is 9.97 Å². The molecule has 1 heterocycles. The predicted octanol–water partition coefficient (Wildman–Crippen LogP) is 2.94. The van der Waals surface area contributed by atoms with Crippen LogP contribution in [0.15, 0.2) is 30.6 Å². The summed E-state index contributed by atoms with van der Waals surface area (Å²) in [6, 6.07) is 6.35. The maximum atomic E-state index is 9.25. The second-order valence-electron chi connectivity index (χ2n) is 3.23. The average molecular weight is 237 g/mol. The molecule has 0 unspecified atom stereocenters. The minimum Gasteiger partial charge on any atom is -0.508 e. The van der Waals surface area contributed by atoms with Crippen molar-refractivity contribution in [2.24, 2.45) is 0 Å². The Kier molecular flexibility index (Phi) is 2.92. The molecule has 0 saturated heterocycles. The van der Waals surface area contributed by atoms with Gasteiger partial charge >= 0.3 is 0 Å². The summed E-state index contributed by atoms with van der Waals surface area (Å²) in [6.45, 7) is 1.83. The van der Waals surface area contributed by atoms with E-state index < -0.39 is 0 Å². The molecule has 1 aromatic carbocycles. The van der Waals surface area contributed by atoms with Crippen molar-refractivity contribution in [1.29, 1.82) is 0 Å². The van der Waals surface area contributed by atoms with Crippen LogP contribution >= 0.6 is 11.6 Å². The lowest BCUT2D eigenvalue weighted by Crippen LogP contribution is -1.90. The topological polar surface area (TPSA) is 55.2 Å². The lowest BCUT2D eigenvalue weighted by molar-refractivity contribution is 0.449. The van der Waals surface area contributed by atoms with Gasteiger partial charge < -0.3 is 9.84 Å². The highest BCUT2D eigenvalue weighted by Gasteiger charge is 2.04. The van der Waals surface area contributed by atoms with E-state index in [0.717, 1.165) is 5.56 Å². The lowest BCUT2D eigenvalue weighted by atomic mass is 10.2. The minimum absolute atomic E-state index is 0.200. The molecule has 0 aliphatic heterocycles. The highest BCUT2D eigenvalue weighted by Crippen LogP contribution is 2.26. The summed E-state index contributed by atoms with van der Waals surface area (Å²) in [5.41, 5.74) is 0.815. The first kappa shape index (κ1) is 10.7. The molecule has 2 rings (SSSR count). The van der Waals surface area contributed by atoms with E-state index in [4.69, 9.17) is 16.3 Å². The number of ether oxygens (including phenoxy) is 1. The standard InChI is InChI=1S/C11H9ClN2O2/c1-7-4-8(15)2-3-9(7)16-11-5-10(12)13-6-14-11/h2-6,15H,1H3. The van der Waals surface area contributed by atoms with Gasteiger partial charge in [-0.1, -0.05) is 11.6 Å². The Hall–Kier alpha value is -1.81. The molecule has 0 atom stereocenters. The van der Waals surface area contributed by atoms with E-state index in [-0.39, 0.29) is 5.75 Å². The van der Waals surface area contributed by atoms with E-state index in [9.17, 15) is 5.11 Å². The van der Waals surface area contributed by atoms with E-state index in [2.05, 4.69) is 9.97 Å². The molecule has 2 aromatic rings. The third kappa shape index (κ3) is 2.41. The molecule has 0 saturated carbocycles. The van der Waals surface area contributed by atoms with Crippen LogP contribution in [0.3, 0.4) is 0 Å². The molecule has 0 amide bonds. The quantitative estimate of drug-likeness (QED) is 0.815. The van der Waals surface area contributed by atoms with Crippen molar-refractivity contribution in [3.8, 4) is 17.4 Å². The number of aryl methyl sites for hydroxylation is 1. The third-order valence-electron chi connectivity index (χ3n) is 1.98. The zero-order valence-corrected chi connectivity index (χ0v) is 9.27. The number of hydrogen-bond donors (Lipinski definition) is 1. The number of aromatic nitrogens is 2. The van der Waals surface area contributed by atoms with Gasteiger partial charge in [-0.15, -0.1) is 0 Å². The summed E-state index contributed by atoms with van der Waals surface area (Å²) in [5, 5.41) is 9.57. The Morgan fingerprint density at radius 1 is 1.25 bits per heavy atom. The van der Waals surface area contributed by atoms with Crippen molar-refractivity contribution in [2.45, 2.75) is 6.92 Å². The molecule has 1 aromatic heterocycles. The summed E-state index contributed by atoms with van der Waals surface area (Å²) in [7, 11) is 0. The van der Waals surface area contributed by atoms with Crippen LogP contribution in [0.4, 0.5) is 0 Å². The SMILES string of the molecule is Cc1cc(O)ccc1Oc1cc(Cl)ncn1. The normalized spacial score (nSPS) is 10.1. The van der Waals surface area contributed by atoms with Crippen molar-refractivity contribution >= 4 is 11.6 Å². The molecule has 0 fully saturated rings. The van der Waals surface area contributed by atoms with E-state index in [0.29, 0.717) is 16.8 Å². The van der Waals surface area contributed by atoms with Crippen molar-refractivity contribution in [3.05, 3.63) is 41.3 Å². The van der Waals surface area contributed by atoms with Gasteiger partial charge in [0.05, 0.1) is 0 Å². The molecule has 5 heteroatoms. The highest BCUT2D eigenvalue weighted by atomic mass is 35.5. The first-order valence-electron chi connectivity index (χ1n) is 4.60. The van der Waals surface area contributed by atoms with Gasteiger partial charge in [-0.05, 0) is 30.7 Å². The molecule has 0 bridgehead atoms. The average Bonchev–Trinajstić information content (AvgIpc) is 2.22.